The van der Waals surface area contributed by atoms with E-state index in [1.807, 2.05) is 0 Å². The lowest BCUT2D eigenvalue weighted by Crippen LogP contribution is -2.35. The third-order valence-corrected chi connectivity index (χ3v) is 1.70. The van der Waals surface area contributed by atoms with Gasteiger partial charge in [0.25, 0.3) is 0 Å². The lowest BCUT2D eigenvalue weighted by molar-refractivity contribution is -0.155. The molecule has 0 heterocycles. The topological polar surface area (TPSA) is 75.6 Å². The zero-order valence-electron chi connectivity index (χ0n) is 9.66. The molecule has 5 nitrogen and oxygen atoms in total. The summed E-state index contributed by atoms with van der Waals surface area (Å²) in [4.78, 5) is 21.9. The van der Waals surface area contributed by atoms with E-state index in [1.165, 1.54) is 0 Å². The second-order valence-corrected chi connectivity index (χ2v) is 4.30. The Bertz CT molecular complexity index is 232. The van der Waals surface area contributed by atoms with Crippen molar-refractivity contribution < 1.29 is 19.4 Å². The van der Waals surface area contributed by atoms with E-state index in [4.69, 9.17) is 9.84 Å². The minimum absolute atomic E-state index is 0.106. The molecule has 0 rings (SSSR count). The van der Waals surface area contributed by atoms with E-state index in [2.05, 4.69) is 5.32 Å². The first kappa shape index (κ1) is 13.9. The number of carbonyl (C=O) groups is 2. The van der Waals surface area contributed by atoms with Crippen molar-refractivity contribution in [3.05, 3.63) is 0 Å². The van der Waals surface area contributed by atoms with Gasteiger partial charge in [-0.05, 0) is 34.2 Å². The highest BCUT2D eigenvalue weighted by Gasteiger charge is 2.20. The smallest absolute Gasteiger partial charge is 0.320 e. The maximum Gasteiger partial charge on any atom is 0.320 e. The van der Waals surface area contributed by atoms with Crippen LogP contribution in [0.3, 0.4) is 0 Å². The van der Waals surface area contributed by atoms with Crippen LogP contribution in [0.1, 0.15) is 33.6 Å². The van der Waals surface area contributed by atoms with Crippen LogP contribution in [0.4, 0.5) is 0 Å². The molecule has 1 atom stereocenters. The first-order valence-corrected chi connectivity index (χ1v) is 4.88. The number of carbonyl (C=O) groups excluding carboxylic acids is 1. The van der Waals surface area contributed by atoms with Crippen LogP contribution in [0.2, 0.25) is 0 Å². The van der Waals surface area contributed by atoms with E-state index in [0.29, 0.717) is 0 Å². The lowest BCUT2D eigenvalue weighted by Gasteiger charge is -2.20. The Morgan fingerprint density at radius 1 is 1.40 bits per heavy atom. The van der Waals surface area contributed by atoms with E-state index < -0.39 is 17.6 Å². The molecule has 88 valence electrons. The number of hydrogen-bond donors (Lipinski definition) is 2. The molecular formula is C10H19NO4. The van der Waals surface area contributed by atoms with E-state index in [-0.39, 0.29) is 18.8 Å². The second-order valence-electron chi connectivity index (χ2n) is 4.30. The number of likely N-dealkylation sites (N-methyl/N-ethyl adjacent to an activating group) is 1. The van der Waals surface area contributed by atoms with Gasteiger partial charge >= 0.3 is 11.9 Å². The lowest BCUT2D eigenvalue weighted by atomic mass is 10.1. The van der Waals surface area contributed by atoms with Crippen LogP contribution in [-0.2, 0) is 14.3 Å². The van der Waals surface area contributed by atoms with Crippen LogP contribution in [-0.4, -0.2) is 35.7 Å². The van der Waals surface area contributed by atoms with Crippen molar-refractivity contribution in [1.29, 1.82) is 0 Å². The Morgan fingerprint density at radius 3 is 2.27 bits per heavy atom. The molecule has 5 heteroatoms. The van der Waals surface area contributed by atoms with E-state index in [0.717, 1.165) is 0 Å². The third kappa shape index (κ3) is 6.90. The molecule has 0 saturated heterocycles. The van der Waals surface area contributed by atoms with Gasteiger partial charge in [-0.15, -0.1) is 0 Å². The average molecular weight is 217 g/mol. The molecule has 0 aromatic heterocycles. The van der Waals surface area contributed by atoms with Gasteiger partial charge in [0.1, 0.15) is 11.6 Å². The highest BCUT2D eigenvalue weighted by atomic mass is 16.6. The minimum atomic E-state index is -0.957. The monoisotopic (exact) mass is 217 g/mol. The summed E-state index contributed by atoms with van der Waals surface area (Å²) in [5, 5.41) is 11.3. The van der Waals surface area contributed by atoms with Gasteiger partial charge in [-0.3, -0.25) is 9.59 Å². The molecule has 15 heavy (non-hydrogen) atoms. The molecule has 1 unspecified atom stereocenters. The number of carboxylic acid groups (broad SMARTS) is 1. The summed E-state index contributed by atoms with van der Waals surface area (Å²) in [6.07, 6.45) is 0.343. The van der Waals surface area contributed by atoms with Gasteiger partial charge in [-0.2, -0.15) is 0 Å². The Labute approximate surface area is 89.8 Å². The standard InChI is InChI=1S/C10H19NO4/c1-10(2,3)15-8(12)6-5-7(11-4)9(13)14/h7,11H,5-6H2,1-4H3,(H,13,14). The molecular weight excluding hydrogens is 198 g/mol. The molecule has 0 aliphatic heterocycles. The third-order valence-electron chi connectivity index (χ3n) is 1.70. The quantitative estimate of drug-likeness (QED) is 0.665. The number of esters is 1. The van der Waals surface area contributed by atoms with Gasteiger partial charge in [0, 0.05) is 6.42 Å². The number of aliphatic carboxylic acids is 1. The van der Waals surface area contributed by atoms with Crippen molar-refractivity contribution in [2.45, 2.75) is 45.3 Å². The van der Waals surface area contributed by atoms with Crippen LogP contribution >= 0.6 is 0 Å². The van der Waals surface area contributed by atoms with Crippen molar-refractivity contribution >= 4 is 11.9 Å². The maximum atomic E-state index is 11.3. The molecule has 0 aliphatic rings. The Hall–Kier alpha value is -1.10. The fraction of sp³-hybridized carbons (Fsp3) is 0.800. The Kier molecular flexibility index (Phi) is 5.28. The van der Waals surface area contributed by atoms with Gasteiger partial charge in [0.2, 0.25) is 0 Å². The molecule has 0 aliphatic carbocycles. The molecule has 0 bridgehead atoms. The van der Waals surface area contributed by atoms with Gasteiger partial charge < -0.3 is 15.2 Å². The number of carboxylic acids is 1. The first-order chi connectivity index (χ1) is 6.76. The van der Waals surface area contributed by atoms with Gasteiger partial charge in [-0.25, -0.2) is 0 Å². The summed E-state index contributed by atoms with van der Waals surface area (Å²) in [6, 6.07) is -0.697. The predicted octanol–water partition coefficient (Wildman–Crippen LogP) is 0.781. The van der Waals surface area contributed by atoms with Crippen LogP contribution in [0, 0.1) is 0 Å². The SMILES string of the molecule is CNC(CCC(=O)OC(C)(C)C)C(=O)O. The molecule has 0 aromatic carbocycles. The van der Waals surface area contributed by atoms with Gasteiger partial charge in [0.05, 0.1) is 0 Å². The summed E-state index contributed by atoms with van der Waals surface area (Å²) in [5.74, 6) is -1.33. The maximum absolute atomic E-state index is 11.3. The number of nitrogens with one attached hydrogen (secondary N) is 1. The van der Waals surface area contributed by atoms with Crippen molar-refractivity contribution in [3.63, 3.8) is 0 Å². The van der Waals surface area contributed by atoms with E-state index in [1.54, 1.807) is 27.8 Å². The van der Waals surface area contributed by atoms with Crippen LogP contribution < -0.4 is 5.32 Å². The summed E-state index contributed by atoms with van der Waals surface area (Å²) in [5.41, 5.74) is -0.518. The normalized spacial score (nSPS) is 13.3. The fourth-order valence-electron chi connectivity index (χ4n) is 1.05. The summed E-state index contributed by atoms with van der Waals surface area (Å²) >= 11 is 0. The minimum Gasteiger partial charge on any atom is -0.480 e. The second kappa shape index (κ2) is 5.70. The molecule has 0 saturated carbocycles. The van der Waals surface area contributed by atoms with Crippen molar-refractivity contribution in [1.82, 2.24) is 5.32 Å². The molecule has 0 aromatic rings. The number of rotatable bonds is 5. The molecule has 0 spiro atoms. The Morgan fingerprint density at radius 2 is 1.93 bits per heavy atom. The van der Waals surface area contributed by atoms with Gasteiger partial charge in [-0.1, -0.05) is 0 Å². The van der Waals surface area contributed by atoms with E-state index in [9.17, 15) is 9.59 Å². The Balaban J connectivity index is 3.94. The van der Waals surface area contributed by atoms with Crippen LogP contribution in [0.5, 0.6) is 0 Å². The van der Waals surface area contributed by atoms with Crippen LogP contribution in [0.15, 0.2) is 0 Å². The van der Waals surface area contributed by atoms with Gasteiger partial charge in [0.15, 0.2) is 0 Å². The largest absolute Gasteiger partial charge is 0.480 e. The average Bonchev–Trinajstić information content (AvgIpc) is 2.01. The highest BCUT2D eigenvalue weighted by molar-refractivity contribution is 5.75. The van der Waals surface area contributed by atoms with Crippen LogP contribution in [0.25, 0.3) is 0 Å². The molecule has 0 radical (unpaired) electrons. The first-order valence-electron chi connectivity index (χ1n) is 4.88. The molecule has 2 N–H and O–H groups in total. The van der Waals surface area contributed by atoms with Crippen molar-refractivity contribution in [3.8, 4) is 0 Å². The summed E-state index contributed by atoms with van der Waals surface area (Å²) in [7, 11) is 1.55. The fourth-order valence-corrected chi connectivity index (χ4v) is 1.05. The van der Waals surface area contributed by atoms with Crippen molar-refractivity contribution in [2.24, 2.45) is 0 Å². The number of hydrogen-bond acceptors (Lipinski definition) is 4. The molecule has 0 fully saturated rings. The zero-order valence-corrected chi connectivity index (χ0v) is 9.66. The highest BCUT2D eigenvalue weighted by Crippen LogP contribution is 2.09. The predicted molar refractivity (Wildman–Crippen MR) is 55.6 cm³/mol. The summed E-state index contributed by atoms with van der Waals surface area (Å²) < 4.78 is 5.05. The van der Waals surface area contributed by atoms with Crippen molar-refractivity contribution in [2.75, 3.05) is 7.05 Å². The van der Waals surface area contributed by atoms with E-state index >= 15 is 0 Å². The molecule has 0 amide bonds. The zero-order chi connectivity index (χ0) is 12.1. The number of ether oxygens (including phenoxy) is 1. The summed E-state index contributed by atoms with van der Waals surface area (Å²) in [6.45, 7) is 5.33.